The Labute approximate surface area is 199 Å². The zero-order valence-electron chi connectivity index (χ0n) is 18.2. The smallest absolute Gasteiger partial charge is 0.277 e. The zero-order chi connectivity index (χ0) is 23.5. The first kappa shape index (κ1) is 21.7. The quantitative estimate of drug-likeness (QED) is 0.228. The molecular weight excluding hydrogens is 448 g/mol. The van der Waals surface area contributed by atoms with Gasteiger partial charge in [0.15, 0.2) is 5.78 Å². The highest BCUT2D eigenvalue weighted by molar-refractivity contribution is 8.00. The molecule has 7 nitrogen and oxygen atoms in total. The van der Waals surface area contributed by atoms with Crippen LogP contribution in [0.4, 0.5) is 5.69 Å². The van der Waals surface area contributed by atoms with E-state index in [0.717, 1.165) is 22.0 Å². The SMILES string of the molecule is CC(=O)c1cccc(NC(=O)C(Sc2nnc(-c3c[nH]c4ccccc34)o2)c2ccccc2)c1. The van der Waals surface area contributed by atoms with Crippen LogP contribution in [0.5, 0.6) is 0 Å². The monoisotopic (exact) mass is 468 g/mol. The maximum Gasteiger partial charge on any atom is 0.277 e. The number of rotatable bonds is 7. The van der Waals surface area contributed by atoms with Crippen molar-refractivity contribution in [3.8, 4) is 11.5 Å². The van der Waals surface area contributed by atoms with Crippen LogP contribution in [0.3, 0.4) is 0 Å². The molecule has 0 aliphatic heterocycles. The second kappa shape index (κ2) is 9.36. The molecular formula is C26H20N4O3S. The first-order valence-electron chi connectivity index (χ1n) is 10.6. The van der Waals surface area contributed by atoms with Gasteiger partial charge in [0.05, 0.1) is 5.56 Å². The van der Waals surface area contributed by atoms with Gasteiger partial charge in [-0.3, -0.25) is 9.59 Å². The number of nitrogens with one attached hydrogen (secondary N) is 2. The van der Waals surface area contributed by atoms with Crippen molar-refractivity contribution in [2.45, 2.75) is 17.4 Å². The summed E-state index contributed by atoms with van der Waals surface area (Å²) in [6.45, 7) is 1.49. The van der Waals surface area contributed by atoms with E-state index in [1.54, 1.807) is 24.3 Å². The molecule has 5 aromatic rings. The summed E-state index contributed by atoms with van der Waals surface area (Å²) in [6.07, 6.45) is 1.83. The molecule has 1 amide bonds. The van der Waals surface area contributed by atoms with Crippen molar-refractivity contribution in [2.24, 2.45) is 0 Å². The number of benzene rings is 3. The lowest BCUT2D eigenvalue weighted by atomic mass is 10.1. The topological polar surface area (TPSA) is 101 Å². The van der Waals surface area contributed by atoms with E-state index in [9.17, 15) is 9.59 Å². The number of ketones is 1. The van der Waals surface area contributed by atoms with Crippen LogP contribution in [-0.4, -0.2) is 26.9 Å². The van der Waals surface area contributed by atoms with Crippen molar-refractivity contribution in [3.05, 3.63) is 96.2 Å². The van der Waals surface area contributed by atoms with Crippen molar-refractivity contribution >= 4 is 40.0 Å². The summed E-state index contributed by atoms with van der Waals surface area (Å²) in [7, 11) is 0. The lowest BCUT2D eigenvalue weighted by Crippen LogP contribution is -2.19. The average molecular weight is 469 g/mol. The third-order valence-electron chi connectivity index (χ3n) is 5.32. The molecule has 0 aliphatic rings. The van der Waals surface area contributed by atoms with Gasteiger partial charge in [-0.1, -0.05) is 60.7 Å². The number of anilines is 1. The Bertz CT molecular complexity index is 1480. The van der Waals surface area contributed by atoms with Gasteiger partial charge >= 0.3 is 0 Å². The number of thioether (sulfide) groups is 1. The second-order valence-corrected chi connectivity index (χ2v) is 8.71. The van der Waals surface area contributed by atoms with E-state index in [4.69, 9.17) is 4.42 Å². The van der Waals surface area contributed by atoms with Crippen molar-refractivity contribution in [3.63, 3.8) is 0 Å². The third-order valence-corrected chi connectivity index (χ3v) is 6.41. The highest BCUT2D eigenvalue weighted by Gasteiger charge is 2.26. The van der Waals surface area contributed by atoms with Crippen LogP contribution in [0, 0.1) is 0 Å². The standard InChI is InChI=1S/C26H20N4O3S/c1-16(31)18-10-7-11-19(14-18)28-24(32)23(17-8-3-2-4-9-17)34-26-30-29-25(33-26)21-15-27-22-13-6-5-12-20(21)22/h2-15,23,27H,1H3,(H,28,32). The number of amides is 1. The number of hydrogen-bond acceptors (Lipinski definition) is 6. The average Bonchev–Trinajstić information content (AvgIpc) is 3.50. The Kier molecular flexibility index (Phi) is 5.97. The number of nitrogens with zero attached hydrogens (tertiary/aromatic N) is 2. The molecule has 0 saturated carbocycles. The van der Waals surface area contributed by atoms with Gasteiger partial charge in [-0.15, -0.1) is 10.2 Å². The fourth-order valence-corrected chi connectivity index (χ4v) is 4.52. The normalized spacial score (nSPS) is 11.9. The lowest BCUT2D eigenvalue weighted by molar-refractivity contribution is -0.115. The lowest BCUT2D eigenvalue weighted by Gasteiger charge is -2.15. The van der Waals surface area contributed by atoms with Crippen molar-refractivity contribution in [1.29, 1.82) is 0 Å². The molecule has 0 spiro atoms. The van der Waals surface area contributed by atoms with Crippen molar-refractivity contribution in [1.82, 2.24) is 15.2 Å². The summed E-state index contributed by atoms with van der Waals surface area (Å²) in [5.74, 6) is 0.0471. The van der Waals surface area contributed by atoms with Crippen LogP contribution in [0.2, 0.25) is 0 Å². The summed E-state index contributed by atoms with van der Waals surface area (Å²) in [5.41, 5.74) is 3.64. The Morgan fingerprint density at radius 3 is 2.59 bits per heavy atom. The number of aromatic amines is 1. The molecule has 0 saturated heterocycles. The predicted octanol–water partition coefficient (Wildman–Crippen LogP) is 5.89. The predicted molar refractivity (Wildman–Crippen MR) is 132 cm³/mol. The van der Waals surface area contributed by atoms with Gasteiger partial charge in [0.25, 0.3) is 11.1 Å². The van der Waals surface area contributed by atoms with Gasteiger partial charge in [-0.2, -0.15) is 0 Å². The van der Waals surface area contributed by atoms with Gasteiger partial charge in [0.2, 0.25) is 5.91 Å². The minimum Gasteiger partial charge on any atom is -0.411 e. The molecule has 0 aliphatic carbocycles. The summed E-state index contributed by atoms with van der Waals surface area (Å²) >= 11 is 1.17. The summed E-state index contributed by atoms with van der Waals surface area (Å²) < 4.78 is 5.94. The molecule has 2 aromatic heterocycles. The first-order valence-corrected chi connectivity index (χ1v) is 11.5. The van der Waals surface area contributed by atoms with Gasteiger partial charge in [-0.05, 0) is 42.4 Å². The largest absolute Gasteiger partial charge is 0.411 e. The number of carbonyl (C=O) groups excluding carboxylic acids is 2. The van der Waals surface area contributed by atoms with Crippen LogP contribution in [0.1, 0.15) is 28.1 Å². The number of fused-ring (bicyclic) bond motifs is 1. The van der Waals surface area contributed by atoms with Gasteiger partial charge in [0, 0.05) is 28.4 Å². The number of H-pyrrole nitrogens is 1. The molecule has 2 heterocycles. The van der Waals surface area contributed by atoms with Gasteiger partial charge in [-0.25, -0.2) is 0 Å². The van der Waals surface area contributed by atoms with E-state index in [-0.39, 0.29) is 16.9 Å². The molecule has 3 aromatic carbocycles. The number of hydrogen-bond donors (Lipinski definition) is 2. The van der Waals surface area contributed by atoms with E-state index in [1.807, 2.05) is 60.8 Å². The molecule has 0 radical (unpaired) electrons. The van der Waals surface area contributed by atoms with E-state index in [2.05, 4.69) is 20.5 Å². The number of Topliss-reactive ketones (excluding diaryl/α,β-unsaturated/α-hetero) is 1. The molecule has 0 fully saturated rings. The van der Waals surface area contributed by atoms with Crippen LogP contribution >= 0.6 is 11.8 Å². The van der Waals surface area contributed by atoms with Crippen molar-refractivity contribution in [2.75, 3.05) is 5.32 Å². The summed E-state index contributed by atoms with van der Waals surface area (Å²) in [5, 5.41) is 11.9. The highest BCUT2D eigenvalue weighted by Crippen LogP contribution is 2.37. The van der Waals surface area contributed by atoms with E-state index in [0.29, 0.717) is 17.1 Å². The van der Waals surface area contributed by atoms with Crippen LogP contribution in [0.25, 0.3) is 22.4 Å². The number of aromatic nitrogens is 3. The first-order chi connectivity index (χ1) is 16.6. The molecule has 0 bridgehead atoms. The molecule has 1 atom stereocenters. The second-order valence-electron chi connectivity index (χ2n) is 7.66. The Morgan fingerprint density at radius 2 is 1.76 bits per heavy atom. The van der Waals surface area contributed by atoms with E-state index < -0.39 is 5.25 Å². The van der Waals surface area contributed by atoms with Gasteiger partial charge < -0.3 is 14.7 Å². The Hall–Kier alpha value is -4.17. The maximum absolute atomic E-state index is 13.3. The minimum absolute atomic E-state index is 0.0687. The molecule has 1 unspecified atom stereocenters. The molecule has 8 heteroatoms. The van der Waals surface area contributed by atoms with Crippen LogP contribution in [0.15, 0.2) is 94.7 Å². The van der Waals surface area contributed by atoms with Crippen LogP contribution < -0.4 is 5.32 Å². The Morgan fingerprint density at radius 1 is 0.971 bits per heavy atom. The zero-order valence-corrected chi connectivity index (χ0v) is 19.0. The molecule has 5 rings (SSSR count). The van der Waals surface area contributed by atoms with Crippen molar-refractivity contribution < 1.29 is 14.0 Å². The number of para-hydroxylation sites is 1. The fraction of sp³-hybridized carbons (Fsp3) is 0.0769. The number of carbonyl (C=O) groups is 2. The third kappa shape index (κ3) is 4.49. The Balaban J connectivity index is 1.42. The molecule has 2 N–H and O–H groups in total. The summed E-state index contributed by atoms with van der Waals surface area (Å²) in [6, 6.07) is 24.1. The molecule has 34 heavy (non-hydrogen) atoms. The summed E-state index contributed by atoms with van der Waals surface area (Å²) in [4.78, 5) is 28.2. The van der Waals surface area contributed by atoms with Crippen LogP contribution in [-0.2, 0) is 4.79 Å². The molecule has 168 valence electrons. The maximum atomic E-state index is 13.3. The van der Waals surface area contributed by atoms with E-state index >= 15 is 0 Å². The highest BCUT2D eigenvalue weighted by atomic mass is 32.2. The van der Waals surface area contributed by atoms with E-state index in [1.165, 1.54) is 18.7 Å². The minimum atomic E-state index is -0.640. The fourth-order valence-electron chi connectivity index (χ4n) is 3.64. The van der Waals surface area contributed by atoms with Gasteiger partial charge in [0.1, 0.15) is 5.25 Å².